The van der Waals surface area contributed by atoms with Crippen LogP contribution in [-0.4, -0.2) is 49.1 Å². The molecule has 1 rings (SSSR count). The second-order valence-corrected chi connectivity index (χ2v) is 4.54. The van der Waals surface area contributed by atoms with Gasteiger partial charge >= 0.3 is 24.1 Å². The molecule has 0 spiro atoms. The fourth-order valence-corrected chi connectivity index (χ4v) is 1.98. The van der Waals surface area contributed by atoms with Crippen molar-refractivity contribution < 1.29 is 33.3 Å². The minimum atomic E-state index is -1.12. The van der Waals surface area contributed by atoms with Gasteiger partial charge in [0.25, 0.3) is 0 Å². The maximum atomic E-state index is 11.1. The maximum absolute atomic E-state index is 11.1. The van der Waals surface area contributed by atoms with E-state index < -0.39 is 42.4 Å². The first-order chi connectivity index (χ1) is 9.83. The average molecular weight is 299 g/mol. The highest BCUT2D eigenvalue weighted by Gasteiger charge is 2.47. The molecule has 1 aliphatic heterocycles. The van der Waals surface area contributed by atoms with Crippen molar-refractivity contribution in [3.05, 3.63) is 11.4 Å². The highest BCUT2D eigenvalue weighted by Crippen LogP contribution is 2.26. The molecule has 1 heterocycles. The fourth-order valence-electron chi connectivity index (χ4n) is 1.98. The van der Waals surface area contributed by atoms with E-state index in [1.807, 2.05) is 0 Å². The lowest BCUT2D eigenvalue weighted by Crippen LogP contribution is -2.51. The van der Waals surface area contributed by atoms with Crippen molar-refractivity contribution in [2.75, 3.05) is 6.61 Å². The van der Waals surface area contributed by atoms with Crippen LogP contribution in [0.1, 0.15) is 27.2 Å². The zero-order valence-electron chi connectivity index (χ0n) is 12.0. The van der Waals surface area contributed by atoms with Crippen molar-refractivity contribution in [2.45, 2.75) is 51.7 Å². The summed E-state index contributed by atoms with van der Waals surface area (Å²) in [6.07, 6.45) is -3.38. The first-order valence-corrected chi connectivity index (χ1v) is 6.33. The molecular formula is C13H17NO7. The van der Waals surface area contributed by atoms with E-state index in [9.17, 15) is 14.4 Å². The zero-order valence-corrected chi connectivity index (χ0v) is 12.0. The molecule has 0 aromatic carbocycles. The Morgan fingerprint density at radius 2 is 1.76 bits per heavy atom. The Kier molecular flexibility index (Phi) is 6.11. The summed E-state index contributed by atoms with van der Waals surface area (Å²) in [5.74, 6) is -1.65. The lowest BCUT2D eigenvalue weighted by atomic mass is 10.0. The lowest BCUT2D eigenvalue weighted by Gasteiger charge is -2.34. The van der Waals surface area contributed by atoms with Crippen LogP contribution < -0.4 is 0 Å². The van der Waals surface area contributed by atoms with E-state index in [0.717, 1.165) is 0 Å². The lowest BCUT2D eigenvalue weighted by molar-refractivity contribution is -0.204. The van der Waals surface area contributed by atoms with Crippen LogP contribution in [0.4, 0.5) is 0 Å². The number of hydrogen-bond donors (Lipinski definition) is 0. The second kappa shape index (κ2) is 7.59. The molecule has 0 aromatic heterocycles. The van der Waals surface area contributed by atoms with Gasteiger partial charge in [0.1, 0.15) is 12.7 Å². The van der Waals surface area contributed by atoms with E-state index in [-0.39, 0.29) is 13.0 Å². The van der Waals surface area contributed by atoms with E-state index in [4.69, 9.17) is 25.5 Å². The van der Waals surface area contributed by atoms with Gasteiger partial charge in [0.2, 0.25) is 6.10 Å². The van der Waals surface area contributed by atoms with Crippen molar-refractivity contribution in [3.63, 3.8) is 0 Å². The van der Waals surface area contributed by atoms with Gasteiger partial charge < -0.3 is 18.9 Å². The molecule has 0 aromatic rings. The summed E-state index contributed by atoms with van der Waals surface area (Å²) in [6, 6.07) is 0. The van der Waals surface area contributed by atoms with Crippen molar-refractivity contribution in [3.8, 4) is 0 Å². The number of hydrogen-bond acceptors (Lipinski definition) is 7. The molecule has 0 radical (unpaired) electrons. The Morgan fingerprint density at radius 1 is 1.14 bits per heavy atom. The van der Waals surface area contributed by atoms with Crippen LogP contribution >= 0.6 is 0 Å². The number of ether oxygens (including phenoxy) is 4. The van der Waals surface area contributed by atoms with Crippen LogP contribution in [0.3, 0.4) is 0 Å². The number of carbonyl (C=O) groups is 3. The summed E-state index contributed by atoms with van der Waals surface area (Å²) in [4.78, 5) is 36.3. The van der Waals surface area contributed by atoms with E-state index in [2.05, 4.69) is 4.85 Å². The van der Waals surface area contributed by atoms with Crippen molar-refractivity contribution in [1.29, 1.82) is 0 Å². The van der Waals surface area contributed by atoms with Gasteiger partial charge in [0.05, 0.1) is 0 Å². The average Bonchev–Trinajstić information content (AvgIpc) is 2.37. The molecule has 8 heteroatoms. The summed E-state index contributed by atoms with van der Waals surface area (Å²) < 4.78 is 20.4. The van der Waals surface area contributed by atoms with Gasteiger partial charge in [-0.25, -0.2) is 6.57 Å². The van der Waals surface area contributed by atoms with Crippen LogP contribution in [-0.2, 0) is 33.3 Å². The zero-order chi connectivity index (χ0) is 16.0. The van der Waals surface area contributed by atoms with Gasteiger partial charge in [-0.15, -0.1) is 0 Å². The third-order valence-corrected chi connectivity index (χ3v) is 2.69. The van der Waals surface area contributed by atoms with Crippen LogP contribution in [0, 0.1) is 6.57 Å². The summed E-state index contributed by atoms with van der Waals surface area (Å²) in [5.41, 5.74) is 0. The second-order valence-electron chi connectivity index (χ2n) is 4.54. The molecule has 1 aliphatic rings. The maximum Gasteiger partial charge on any atom is 0.368 e. The Labute approximate surface area is 122 Å². The predicted octanol–water partition coefficient (Wildman–Crippen LogP) is 0.447. The largest absolute Gasteiger partial charge is 0.463 e. The molecule has 0 N–H and O–H groups in total. The Bertz CT molecular complexity index is 456. The summed E-state index contributed by atoms with van der Waals surface area (Å²) in [6.45, 7) is 10.7. The van der Waals surface area contributed by atoms with Crippen LogP contribution in [0.5, 0.6) is 0 Å². The quantitative estimate of drug-likeness (QED) is 0.422. The summed E-state index contributed by atoms with van der Waals surface area (Å²) in [5, 5.41) is 0. The molecule has 0 bridgehead atoms. The predicted molar refractivity (Wildman–Crippen MR) is 67.6 cm³/mol. The van der Waals surface area contributed by atoms with E-state index in [0.29, 0.717) is 0 Å². The Hall–Kier alpha value is -2.14. The Balaban J connectivity index is 2.83. The molecule has 0 aliphatic carbocycles. The number of nitrogens with zero attached hydrogens (tertiary/aromatic N) is 1. The van der Waals surface area contributed by atoms with Gasteiger partial charge in [0.15, 0.2) is 6.10 Å². The molecule has 8 nitrogen and oxygen atoms in total. The van der Waals surface area contributed by atoms with Crippen molar-refractivity contribution in [1.82, 2.24) is 0 Å². The molecule has 1 saturated heterocycles. The minimum absolute atomic E-state index is 0.0636. The summed E-state index contributed by atoms with van der Waals surface area (Å²) >= 11 is 0. The van der Waals surface area contributed by atoms with Gasteiger partial charge in [-0.1, -0.05) is 0 Å². The number of rotatable bonds is 4. The van der Waals surface area contributed by atoms with Gasteiger partial charge in [0, 0.05) is 27.2 Å². The van der Waals surface area contributed by atoms with E-state index >= 15 is 0 Å². The smallest absolute Gasteiger partial charge is 0.368 e. The molecule has 116 valence electrons. The Morgan fingerprint density at radius 3 is 2.24 bits per heavy atom. The normalized spacial score (nSPS) is 28.1. The van der Waals surface area contributed by atoms with Crippen LogP contribution in [0.25, 0.3) is 4.85 Å². The molecule has 4 atom stereocenters. The van der Waals surface area contributed by atoms with Gasteiger partial charge in [-0.3, -0.25) is 19.2 Å². The fraction of sp³-hybridized carbons (Fsp3) is 0.692. The highest BCUT2D eigenvalue weighted by molar-refractivity contribution is 5.67. The first-order valence-electron chi connectivity index (χ1n) is 6.33. The molecule has 0 unspecified atom stereocenters. The molecule has 1 fully saturated rings. The monoisotopic (exact) mass is 299 g/mol. The van der Waals surface area contributed by atoms with Gasteiger partial charge in [-0.2, -0.15) is 0 Å². The third-order valence-electron chi connectivity index (χ3n) is 2.69. The van der Waals surface area contributed by atoms with Crippen LogP contribution in [0.15, 0.2) is 0 Å². The molecule has 0 amide bonds. The molecule has 21 heavy (non-hydrogen) atoms. The summed E-state index contributed by atoms with van der Waals surface area (Å²) in [7, 11) is 0. The molecular weight excluding hydrogens is 282 g/mol. The standard InChI is InChI=1S/C13H17NO7/c1-7(15)18-6-10-5-11(19-8(2)16)12(20-9(3)17)13(14-4)21-10/h10-13H,5-6H2,1-3H3/t10-,11-,12+,13+/m0/s1. The van der Waals surface area contributed by atoms with Crippen molar-refractivity contribution >= 4 is 17.9 Å². The molecule has 0 saturated carbocycles. The number of carbonyl (C=O) groups excluding carboxylic acids is 3. The topological polar surface area (TPSA) is 92.5 Å². The first kappa shape index (κ1) is 16.9. The van der Waals surface area contributed by atoms with Crippen molar-refractivity contribution in [2.24, 2.45) is 0 Å². The SMILES string of the molecule is [C-]#[N+][C@@H]1O[C@H](COC(C)=O)C[C@H](OC(C)=O)[C@H]1OC(C)=O. The third kappa shape index (κ3) is 5.39. The van der Waals surface area contributed by atoms with Crippen LogP contribution in [0.2, 0.25) is 0 Å². The highest BCUT2D eigenvalue weighted by atomic mass is 16.6. The minimum Gasteiger partial charge on any atom is -0.463 e. The van der Waals surface area contributed by atoms with E-state index in [1.54, 1.807) is 0 Å². The van der Waals surface area contributed by atoms with Gasteiger partial charge in [-0.05, 0) is 0 Å². The van der Waals surface area contributed by atoms with E-state index in [1.165, 1.54) is 20.8 Å². The number of esters is 3.